The fourth-order valence-corrected chi connectivity index (χ4v) is 2.44. The molecular formula is C14H14N2O5S. The fraction of sp³-hybridized carbons (Fsp3) is 0.143. The zero-order chi connectivity index (χ0) is 16.3. The average Bonchev–Trinajstić information content (AvgIpc) is 2.44. The highest BCUT2D eigenvalue weighted by molar-refractivity contribution is 7.89. The van der Waals surface area contributed by atoms with Crippen LogP contribution >= 0.6 is 0 Å². The molecule has 0 bridgehead atoms. The van der Waals surface area contributed by atoms with E-state index in [1.165, 1.54) is 12.1 Å². The zero-order valence-electron chi connectivity index (χ0n) is 11.7. The molecule has 7 nitrogen and oxygen atoms in total. The summed E-state index contributed by atoms with van der Waals surface area (Å²) in [6.07, 6.45) is 0. The van der Waals surface area contributed by atoms with Crippen LogP contribution < -0.4 is 9.88 Å². The summed E-state index contributed by atoms with van der Waals surface area (Å²) in [5.41, 5.74) is 1.45. The molecule has 2 aromatic rings. The molecule has 2 N–H and O–H groups in total. The van der Waals surface area contributed by atoms with Crippen molar-refractivity contribution >= 4 is 15.7 Å². The number of nitro groups is 1. The number of aryl methyl sites for hydroxylation is 1. The molecule has 116 valence electrons. The molecule has 0 aromatic heterocycles. The lowest BCUT2D eigenvalue weighted by Crippen LogP contribution is -2.12. The number of sulfonamides is 1. The number of hydrogen-bond acceptors (Lipinski definition) is 5. The molecule has 2 aromatic carbocycles. The normalized spacial score (nSPS) is 11.2. The zero-order valence-corrected chi connectivity index (χ0v) is 12.5. The van der Waals surface area contributed by atoms with Crippen molar-refractivity contribution in [1.29, 1.82) is 0 Å². The van der Waals surface area contributed by atoms with Gasteiger partial charge in [-0.25, -0.2) is 13.6 Å². The van der Waals surface area contributed by atoms with Crippen molar-refractivity contribution in [2.45, 2.75) is 18.4 Å². The largest absolute Gasteiger partial charge is 0.482 e. The van der Waals surface area contributed by atoms with Crippen LogP contribution in [0, 0.1) is 17.0 Å². The van der Waals surface area contributed by atoms with Gasteiger partial charge in [0.25, 0.3) is 0 Å². The van der Waals surface area contributed by atoms with Crippen LogP contribution in [0.25, 0.3) is 0 Å². The Morgan fingerprint density at radius 2 is 1.95 bits per heavy atom. The Labute approximate surface area is 127 Å². The van der Waals surface area contributed by atoms with Gasteiger partial charge in [0.15, 0.2) is 5.75 Å². The number of rotatable bonds is 5. The molecular weight excluding hydrogens is 308 g/mol. The molecule has 0 aliphatic heterocycles. The lowest BCUT2D eigenvalue weighted by Gasteiger charge is -2.08. The lowest BCUT2D eigenvalue weighted by molar-refractivity contribution is -0.386. The minimum Gasteiger partial charge on any atom is -0.482 e. The summed E-state index contributed by atoms with van der Waals surface area (Å²) in [7, 11) is -4.01. The molecule has 2 rings (SSSR count). The van der Waals surface area contributed by atoms with Crippen molar-refractivity contribution < 1.29 is 18.1 Å². The Morgan fingerprint density at radius 3 is 2.55 bits per heavy atom. The van der Waals surface area contributed by atoms with E-state index in [-0.39, 0.29) is 17.3 Å². The van der Waals surface area contributed by atoms with Crippen molar-refractivity contribution in [3.05, 3.63) is 63.7 Å². The van der Waals surface area contributed by atoms with Crippen LogP contribution in [0.1, 0.15) is 11.1 Å². The number of hydrogen-bond donors (Lipinski definition) is 1. The number of nitro benzene ring substituents is 1. The minimum atomic E-state index is -4.01. The van der Waals surface area contributed by atoms with E-state index in [1.807, 2.05) is 31.2 Å². The average molecular weight is 322 g/mol. The second-order valence-electron chi connectivity index (χ2n) is 4.71. The first kappa shape index (κ1) is 15.9. The van der Waals surface area contributed by atoms with Crippen molar-refractivity contribution in [2.75, 3.05) is 0 Å². The van der Waals surface area contributed by atoms with Crippen molar-refractivity contribution in [3.63, 3.8) is 0 Å². The minimum absolute atomic E-state index is 0.0149. The summed E-state index contributed by atoms with van der Waals surface area (Å²) in [6.45, 7) is 2.06. The van der Waals surface area contributed by atoms with E-state index in [2.05, 4.69) is 0 Å². The highest BCUT2D eigenvalue weighted by Gasteiger charge is 2.20. The van der Waals surface area contributed by atoms with Gasteiger partial charge in [-0.2, -0.15) is 0 Å². The molecule has 0 aliphatic carbocycles. The number of nitrogens with two attached hydrogens (primary N) is 1. The van der Waals surface area contributed by atoms with Crippen molar-refractivity contribution in [2.24, 2.45) is 5.14 Å². The van der Waals surface area contributed by atoms with E-state index in [0.717, 1.165) is 17.2 Å². The molecule has 0 spiro atoms. The van der Waals surface area contributed by atoms with Crippen LogP contribution in [-0.2, 0) is 16.6 Å². The second kappa shape index (κ2) is 6.12. The van der Waals surface area contributed by atoms with E-state index in [0.29, 0.717) is 0 Å². The summed E-state index contributed by atoms with van der Waals surface area (Å²) < 4.78 is 27.9. The third kappa shape index (κ3) is 3.80. The maximum Gasteiger partial charge on any atom is 0.312 e. The van der Waals surface area contributed by atoms with Gasteiger partial charge in [-0.15, -0.1) is 0 Å². The summed E-state index contributed by atoms with van der Waals surface area (Å²) in [5, 5.41) is 16.0. The van der Waals surface area contributed by atoms with Crippen LogP contribution in [-0.4, -0.2) is 13.3 Å². The van der Waals surface area contributed by atoms with Crippen LogP contribution in [0.3, 0.4) is 0 Å². The van der Waals surface area contributed by atoms with Crippen molar-refractivity contribution in [1.82, 2.24) is 0 Å². The van der Waals surface area contributed by atoms with E-state index >= 15 is 0 Å². The third-order valence-electron chi connectivity index (χ3n) is 2.93. The molecule has 0 radical (unpaired) electrons. The Hall–Kier alpha value is -2.45. The molecule has 0 amide bonds. The summed E-state index contributed by atoms with van der Waals surface area (Å²) in [4.78, 5) is 10.0. The predicted octanol–water partition coefficient (Wildman–Crippen LogP) is 2.13. The van der Waals surface area contributed by atoms with Gasteiger partial charge in [0.05, 0.1) is 9.82 Å². The Bertz CT molecular complexity index is 818. The number of benzene rings is 2. The van der Waals surface area contributed by atoms with Gasteiger partial charge < -0.3 is 4.74 Å². The maximum absolute atomic E-state index is 11.3. The number of nitrogens with zero attached hydrogens (tertiary/aromatic N) is 1. The lowest BCUT2D eigenvalue weighted by atomic mass is 10.1. The summed E-state index contributed by atoms with van der Waals surface area (Å²) >= 11 is 0. The molecule has 22 heavy (non-hydrogen) atoms. The van der Waals surface area contributed by atoms with Crippen molar-refractivity contribution in [3.8, 4) is 5.75 Å². The molecule has 0 saturated heterocycles. The summed E-state index contributed by atoms with van der Waals surface area (Å²) in [6, 6.07) is 10.8. The molecule has 0 unspecified atom stereocenters. The first-order chi connectivity index (χ1) is 10.3. The van der Waals surface area contributed by atoms with Gasteiger partial charge >= 0.3 is 5.69 Å². The first-order valence-corrected chi connectivity index (χ1v) is 7.81. The molecule has 0 saturated carbocycles. The summed E-state index contributed by atoms with van der Waals surface area (Å²) in [5.74, 6) is -0.0149. The van der Waals surface area contributed by atoms with E-state index in [1.54, 1.807) is 0 Å². The molecule has 0 fully saturated rings. The van der Waals surface area contributed by atoms with E-state index < -0.39 is 20.6 Å². The molecule has 0 heterocycles. The van der Waals surface area contributed by atoms with E-state index in [4.69, 9.17) is 9.88 Å². The van der Waals surface area contributed by atoms with Gasteiger partial charge in [-0.1, -0.05) is 29.8 Å². The molecule has 8 heteroatoms. The highest BCUT2D eigenvalue weighted by Crippen LogP contribution is 2.30. The quantitative estimate of drug-likeness (QED) is 0.669. The van der Waals surface area contributed by atoms with E-state index in [9.17, 15) is 18.5 Å². The Balaban J connectivity index is 2.29. The van der Waals surface area contributed by atoms with Gasteiger partial charge in [0.2, 0.25) is 10.0 Å². The number of primary sulfonamides is 1. The monoisotopic (exact) mass is 322 g/mol. The van der Waals surface area contributed by atoms with Crippen LogP contribution in [0.4, 0.5) is 5.69 Å². The van der Waals surface area contributed by atoms with Gasteiger partial charge in [0.1, 0.15) is 6.61 Å². The van der Waals surface area contributed by atoms with Gasteiger partial charge in [0, 0.05) is 6.07 Å². The molecule has 0 atom stereocenters. The van der Waals surface area contributed by atoms with Crippen LogP contribution in [0.5, 0.6) is 5.75 Å². The maximum atomic E-state index is 11.3. The predicted molar refractivity (Wildman–Crippen MR) is 80.0 cm³/mol. The van der Waals surface area contributed by atoms with Gasteiger partial charge in [-0.05, 0) is 24.6 Å². The number of ether oxygens (including phenoxy) is 1. The molecule has 0 aliphatic rings. The van der Waals surface area contributed by atoms with Gasteiger partial charge in [-0.3, -0.25) is 10.1 Å². The smallest absolute Gasteiger partial charge is 0.312 e. The topological polar surface area (TPSA) is 113 Å². The van der Waals surface area contributed by atoms with Crippen LogP contribution in [0.2, 0.25) is 0 Å². The Morgan fingerprint density at radius 1 is 1.23 bits per heavy atom. The highest BCUT2D eigenvalue weighted by atomic mass is 32.2. The SMILES string of the molecule is Cc1cccc(COc2ccc(S(N)(=O)=O)cc2[N+](=O)[O-])c1. The second-order valence-corrected chi connectivity index (χ2v) is 6.27. The fourth-order valence-electron chi connectivity index (χ4n) is 1.90. The third-order valence-corrected chi connectivity index (χ3v) is 3.84. The first-order valence-electron chi connectivity index (χ1n) is 6.27. The van der Waals surface area contributed by atoms with Crippen LogP contribution in [0.15, 0.2) is 47.4 Å². The Kier molecular flexibility index (Phi) is 4.43. The standard InChI is InChI=1S/C14H14N2O5S/c1-10-3-2-4-11(7-10)9-21-14-6-5-12(22(15,19)20)8-13(14)16(17)18/h2-8H,9H2,1H3,(H2,15,19,20).